The molecule has 0 spiro atoms. The Morgan fingerprint density at radius 3 is 2.62 bits per heavy atom. The zero-order valence-corrected chi connectivity index (χ0v) is 12.9. The van der Waals surface area contributed by atoms with Crippen LogP contribution in [0.2, 0.25) is 0 Å². The lowest BCUT2D eigenvalue weighted by molar-refractivity contribution is -0.123. The van der Waals surface area contributed by atoms with Crippen LogP contribution in [0.25, 0.3) is 0 Å². The number of carbonyl (C=O) groups excluding carboxylic acids is 2. The minimum Gasteiger partial charge on any atom is -0.352 e. The van der Waals surface area contributed by atoms with Crippen molar-refractivity contribution in [3.8, 4) is 0 Å². The number of hydrogen-bond acceptors (Lipinski definition) is 3. The third-order valence-electron chi connectivity index (χ3n) is 3.39. The molecule has 2 rings (SSSR count). The Morgan fingerprint density at radius 2 is 2.05 bits per heavy atom. The van der Waals surface area contributed by atoms with Gasteiger partial charge in [0.15, 0.2) is 0 Å². The van der Waals surface area contributed by atoms with Gasteiger partial charge in [0, 0.05) is 19.5 Å². The van der Waals surface area contributed by atoms with Crippen LogP contribution in [0.5, 0.6) is 0 Å². The van der Waals surface area contributed by atoms with Gasteiger partial charge in [-0.1, -0.05) is 30.3 Å². The number of amides is 2. The molecule has 1 aromatic rings. The van der Waals surface area contributed by atoms with Crippen molar-refractivity contribution >= 4 is 24.2 Å². The first-order valence-electron chi connectivity index (χ1n) is 6.97. The van der Waals surface area contributed by atoms with E-state index in [0.717, 1.165) is 25.1 Å². The molecule has 1 saturated heterocycles. The molecule has 1 aliphatic rings. The molecular formula is C15H22ClN3O2. The van der Waals surface area contributed by atoms with Crippen LogP contribution in [0.1, 0.15) is 31.4 Å². The maximum atomic E-state index is 12.1. The number of carbonyl (C=O) groups is 2. The SMILES string of the molecule is CC(=O)NC(CC(=O)NC1CCNC1)c1ccccc1.Cl. The van der Waals surface area contributed by atoms with E-state index in [4.69, 9.17) is 0 Å². The van der Waals surface area contributed by atoms with Crippen molar-refractivity contribution in [1.29, 1.82) is 0 Å². The number of benzene rings is 1. The van der Waals surface area contributed by atoms with Crippen LogP contribution in [0.4, 0.5) is 0 Å². The summed E-state index contributed by atoms with van der Waals surface area (Å²) in [5.74, 6) is -0.157. The van der Waals surface area contributed by atoms with Crippen LogP contribution in [-0.2, 0) is 9.59 Å². The zero-order chi connectivity index (χ0) is 14.4. The summed E-state index contributed by atoms with van der Waals surface area (Å²) in [5, 5.41) is 9.05. The van der Waals surface area contributed by atoms with Crippen molar-refractivity contribution in [2.45, 2.75) is 31.8 Å². The van der Waals surface area contributed by atoms with Gasteiger partial charge in [0.05, 0.1) is 12.5 Å². The van der Waals surface area contributed by atoms with Crippen LogP contribution in [0.15, 0.2) is 30.3 Å². The Kier molecular flexibility index (Phi) is 7.19. The van der Waals surface area contributed by atoms with Crippen molar-refractivity contribution in [3.63, 3.8) is 0 Å². The van der Waals surface area contributed by atoms with Crippen LogP contribution < -0.4 is 16.0 Å². The lowest BCUT2D eigenvalue weighted by Gasteiger charge is -2.19. The van der Waals surface area contributed by atoms with Crippen LogP contribution in [0, 0.1) is 0 Å². The molecule has 6 heteroatoms. The average molecular weight is 312 g/mol. The van der Waals surface area contributed by atoms with Gasteiger partial charge in [-0.25, -0.2) is 0 Å². The van der Waals surface area contributed by atoms with Gasteiger partial charge in [-0.3, -0.25) is 9.59 Å². The van der Waals surface area contributed by atoms with E-state index in [1.165, 1.54) is 6.92 Å². The number of halogens is 1. The van der Waals surface area contributed by atoms with Crippen molar-refractivity contribution in [2.75, 3.05) is 13.1 Å². The topological polar surface area (TPSA) is 70.2 Å². The fraction of sp³-hybridized carbons (Fsp3) is 0.467. The lowest BCUT2D eigenvalue weighted by Crippen LogP contribution is -2.39. The third kappa shape index (κ3) is 5.73. The average Bonchev–Trinajstić information content (AvgIpc) is 2.91. The number of nitrogens with one attached hydrogen (secondary N) is 3. The largest absolute Gasteiger partial charge is 0.352 e. The molecule has 116 valence electrons. The molecule has 1 fully saturated rings. The van der Waals surface area contributed by atoms with Crippen molar-refractivity contribution in [3.05, 3.63) is 35.9 Å². The summed E-state index contributed by atoms with van der Waals surface area (Å²) in [6.07, 6.45) is 1.22. The minimum atomic E-state index is -0.275. The Morgan fingerprint density at radius 1 is 1.33 bits per heavy atom. The van der Waals surface area contributed by atoms with Gasteiger partial charge in [-0.15, -0.1) is 12.4 Å². The molecule has 1 heterocycles. The highest BCUT2D eigenvalue weighted by Gasteiger charge is 2.20. The smallest absolute Gasteiger partial charge is 0.222 e. The van der Waals surface area contributed by atoms with E-state index >= 15 is 0 Å². The molecule has 0 bridgehead atoms. The summed E-state index contributed by atoms with van der Waals surface area (Å²) < 4.78 is 0. The monoisotopic (exact) mass is 311 g/mol. The molecule has 1 aliphatic heterocycles. The predicted octanol–water partition coefficient (Wildman–Crippen LogP) is 1.15. The number of hydrogen-bond donors (Lipinski definition) is 3. The molecule has 3 N–H and O–H groups in total. The normalized spacial score (nSPS) is 18.4. The van der Waals surface area contributed by atoms with E-state index in [1.807, 2.05) is 30.3 Å². The van der Waals surface area contributed by atoms with Gasteiger partial charge in [-0.2, -0.15) is 0 Å². The predicted molar refractivity (Wildman–Crippen MR) is 84.3 cm³/mol. The molecule has 5 nitrogen and oxygen atoms in total. The molecule has 0 aromatic heterocycles. The maximum Gasteiger partial charge on any atom is 0.222 e. The molecule has 21 heavy (non-hydrogen) atoms. The maximum absolute atomic E-state index is 12.1. The number of rotatable bonds is 5. The first-order valence-corrected chi connectivity index (χ1v) is 6.97. The van der Waals surface area contributed by atoms with E-state index in [9.17, 15) is 9.59 Å². The van der Waals surface area contributed by atoms with Crippen molar-refractivity contribution in [2.24, 2.45) is 0 Å². The van der Waals surface area contributed by atoms with Gasteiger partial charge in [0.25, 0.3) is 0 Å². The molecule has 2 unspecified atom stereocenters. The zero-order valence-electron chi connectivity index (χ0n) is 12.1. The highest BCUT2D eigenvalue weighted by Crippen LogP contribution is 2.16. The second kappa shape index (κ2) is 8.64. The van der Waals surface area contributed by atoms with Gasteiger partial charge < -0.3 is 16.0 Å². The van der Waals surface area contributed by atoms with E-state index in [0.29, 0.717) is 0 Å². The molecule has 1 aromatic carbocycles. The van der Waals surface area contributed by atoms with Gasteiger partial charge in [0.2, 0.25) is 11.8 Å². The highest BCUT2D eigenvalue weighted by molar-refractivity contribution is 5.85. The Bertz CT molecular complexity index is 461. The van der Waals surface area contributed by atoms with E-state index in [1.54, 1.807) is 0 Å². The minimum absolute atomic E-state index is 0. The van der Waals surface area contributed by atoms with E-state index in [2.05, 4.69) is 16.0 Å². The van der Waals surface area contributed by atoms with Crippen LogP contribution >= 0.6 is 12.4 Å². The third-order valence-corrected chi connectivity index (χ3v) is 3.39. The lowest BCUT2D eigenvalue weighted by atomic mass is 10.0. The molecule has 0 saturated carbocycles. The molecule has 2 amide bonds. The van der Waals surface area contributed by atoms with Gasteiger partial charge in [0.1, 0.15) is 0 Å². The summed E-state index contributed by atoms with van der Waals surface area (Å²) in [6, 6.07) is 9.50. The van der Waals surface area contributed by atoms with Gasteiger partial charge >= 0.3 is 0 Å². The molecule has 0 aliphatic carbocycles. The Labute approximate surface area is 131 Å². The second-order valence-corrected chi connectivity index (χ2v) is 5.13. The van der Waals surface area contributed by atoms with Crippen LogP contribution in [-0.4, -0.2) is 30.9 Å². The van der Waals surface area contributed by atoms with Crippen LogP contribution in [0.3, 0.4) is 0 Å². The Hall–Kier alpha value is -1.59. The summed E-state index contributed by atoms with van der Waals surface area (Å²) >= 11 is 0. The standard InChI is InChI=1S/C15H21N3O2.ClH/c1-11(19)17-14(12-5-3-2-4-6-12)9-15(20)18-13-7-8-16-10-13;/h2-6,13-14,16H,7-10H2,1H3,(H,17,19)(H,18,20);1H. The fourth-order valence-corrected chi connectivity index (χ4v) is 2.43. The summed E-state index contributed by atoms with van der Waals surface area (Å²) in [6.45, 7) is 3.23. The summed E-state index contributed by atoms with van der Waals surface area (Å²) in [7, 11) is 0. The molecular weight excluding hydrogens is 290 g/mol. The highest BCUT2D eigenvalue weighted by atomic mass is 35.5. The molecule has 2 atom stereocenters. The van der Waals surface area contributed by atoms with E-state index in [-0.39, 0.29) is 42.7 Å². The van der Waals surface area contributed by atoms with E-state index < -0.39 is 0 Å². The fourth-order valence-electron chi connectivity index (χ4n) is 2.43. The Balaban J connectivity index is 0.00000220. The van der Waals surface area contributed by atoms with Crippen molar-refractivity contribution < 1.29 is 9.59 Å². The first-order chi connectivity index (χ1) is 9.65. The van der Waals surface area contributed by atoms with Crippen molar-refractivity contribution in [1.82, 2.24) is 16.0 Å². The first kappa shape index (κ1) is 17.5. The quantitative estimate of drug-likeness (QED) is 0.764. The summed E-state index contributed by atoms with van der Waals surface area (Å²) in [4.78, 5) is 23.4. The van der Waals surface area contributed by atoms with Gasteiger partial charge in [-0.05, 0) is 18.5 Å². The second-order valence-electron chi connectivity index (χ2n) is 5.13. The summed E-state index contributed by atoms with van der Waals surface area (Å²) in [5.41, 5.74) is 0.947. The molecule has 0 radical (unpaired) electrons.